The summed E-state index contributed by atoms with van der Waals surface area (Å²) in [6.45, 7) is 7.96. The monoisotopic (exact) mass is 359 g/mol. The Bertz CT molecular complexity index is 614. The first-order chi connectivity index (χ1) is 12.5. The number of hydrogen-bond acceptors (Lipinski definition) is 3. The van der Waals surface area contributed by atoms with Gasteiger partial charge in [0.1, 0.15) is 0 Å². The third kappa shape index (κ3) is 6.33. The maximum Gasteiger partial charge on any atom is 0.222 e. The van der Waals surface area contributed by atoms with Gasteiger partial charge in [-0.25, -0.2) is 4.99 Å². The van der Waals surface area contributed by atoms with Crippen LogP contribution in [0, 0.1) is 0 Å². The summed E-state index contributed by atoms with van der Waals surface area (Å²) in [7, 11) is 4.15. The van der Waals surface area contributed by atoms with Gasteiger partial charge in [-0.3, -0.25) is 4.79 Å². The fourth-order valence-electron chi connectivity index (χ4n) is 3.20. The minimum absolute atomic E-state index is 0.231. The van der Waals surface area contributed by atoms with Crippen molar-refractivity contribution in [3.63, 3.8) is 0 Å². The van der Waals surface area contributed by atoms with E-state index < -0.39 is 0 Å². The average Bonchev–Trinajstić information content (AvgIpc) is 3.07. The fraction of sp³-hybridized carbons (Fsp3) is 0.600. The van der Waals surface area contributed by atoms with Gasteiger partial charge in [0.25, 0.3) is 0 Å². The molecule has 2 N–H and O–H groups in total. The lowest BCUT2D eigenvalue weighted by Crippen LogP contribution is -2.45. The van der Waals surface area contributed by atoms with Crippen LogP contribution in [0.2, 0.25) is 0 Å². The minimum atomic E-state index is 0.231. The molecule has 1 heterocycles. The van der Waals surface area contributed by atoms with Gasteiger partial charge >= 0.3 is 0 Å². The topological polar surface area (TPSA) is 60.0 Å². The van der Waals surface area contributed by atoms with E-state index >= 15 is 0 Å². The molecule has 1 aliphatic heterocycles. The van der Waals surface area contributed by atoms with Crippen LogP contribution >= 0.6 is 0 Å². The molecular weight excluding hydrogens is 326 g/mol. The summed E-state index contributed by atoms with van der Waals surface area (Å²) < 4.78 is 0. The Labute approximate surface area is 157 Å². The molecule has 0 aliphatic carbocycles. The van der Waals surface area contributed by atoms with Crippen molar-refractivity contribution in [2.75, 3.05) is 33.7 Å². The number of amides is 1. The van der Waals surface area contributed by atoms with Crippen LogP contribution in [0.15, 0.2) is 29.3 Å². The SMILES string of the molecule is CCNC(=NCc1cccc(CN(C)C)c1)NC1CCN(C(=O)CC)C1. The van der Waals surface area contributed by atoms with Crippen LogP contribution in [0.1, 0.15) is 37.8 Å². The number of nitrogens with zero attached hydrogens (tertiary/aromatic N) is 3. The maximum absolute atomic E-state index is 11.8. The van der Waals surface area contributed by atoms with Crippen LogP contribution in [-0.2, 0) is 17.9 Å². The average molecular weight is 360 g/mol. The van der Waals surface area contributed by atoms with Crippen LogP contribution in [0.25, 0.3) is 0 Å². The molecule has 1 aromatic rings. The summed E-state index contributed by atoms with van der Waals surface area (Å²) in [4.78, 5) is 20.7. The summed E-state index contributed by atoms with van der Waals surface area (Å²) >= 11 is 0. The number of rotatable bonds is 7. The van der Waals surface area contributed by atoms with Gasteiger partial charge in [-0.05, 0) is 38.6 Å². The van der Waals surface area contributed by atoms with Crippen LogP contribution < -0.4 is 10.6 Å². The standard InChI is InChI=1S/C20H33N5O/c1-5-19(26)25-11-10-18(15-25)23-20(21-6-2)22-13-16-8-7-9-17(12-16)14-24(3)4/h7-9,12,18H,5-6,10-11,13-15H2,1-4H3,(H2,21,22,23). The molecule has 2 rings (SSSR count). The Hall–Kier alpha value is -2.08. The van der Waals surface area contributed by atoms with Gasteiger partial charge in [0.2, 0.25) is 5.91 Å². The largest absolute Gasteiger partial charge is 0.357 e. The molecule has 1 saturated heterocycles. The molecule has 26 heavy (non-hydrogen) atoms. The zero-order chi connectivity index (χ0) is 18.9. The molecule has 1 atom stereocenters. The highest BCUT2D eigenvalue weighted by Crippen LogP contribution is 2.11. The molecule has 6 heteroatoms. The highest BCUT2D eigenvalue weighted by atomic mass is 16.2. The van der Waals surface area contributed by atoms with Crippen LogP contribution in [0.4, 0.5) is 0 Å². The van der Waals surface area contributed by atoms with Crippen molar-refractivity contribution in [1.82, 2.24) is 20.4 Å². The summed E-state index contributed by atoms with van der Waals surface area (Å²) in [5.74, 6) is 1.05. The molecular formula is C20H33N5O. The molecule has 0 saturated carbocycles. The minimum Gasteiger partial charge on any atom is -0.357 e. The molecule has 0 bridgehead atoms. The third-order valence-electron chi connectivity index (χ3n) is 4.44. The Morgan fingerprint density at radius 3 is 2.77 bits per heavy atom. The smallest absolute Gasteiger partial charge is 0.222 e. The second kappa shape index (κ2) is 10.2. The number of guanidine groups is 1. The van der Waals surface area contributed by atoms with Gasteiger partial charge in [-0.15, -0.1) is 0 Å². The van der Waals surface area contributed by atoms with Gasteiger partial charge in [-0.2, -0.15) is 0 Å². The summed E-state index contributed by atoms with van der Waals surface area (Å²) in [5.41, 5.74) is 2.50. The number of carbonyl (C=O) groups is 1. The second-order valence-corrected chi connectivity index (χ2v) is 7.08. The zero-order valence-corrected chi connectivity index (χ0v) is 16.6. The highest BCUT2D eigenvalue weighted by molar-refractivity contribution is 5.80. The quantitative estimate of drug-likeness (QED) is 0.576. The van der Waals surface area contributed by atoms with Gasteiger partial charge in [-0.1, -0.05) is 31.2 Å². The Kier molecular flexibility index (Phi) is 7.91. The van der Waals surface area contributed by atoms with Crippen LogP contribution in [0.5, 0.6) is 0 Å². The molecule has 1 aliphatic rings. The molecule has 6 nitrogen and oxygen atoms in total. The predicted molar refractivity (Wildman–Crippen MR) is 107 cm³/mol. The van der Waals surface area contributed by atoms with Crippen molar-refractivity contribution in [3.8, 4) is 0 Å². The molecule has 144 valence electrons. The lowest BCUT2D eigenvalue weighted by molar-refractivity contribution is -0.129. The van der Waals surface area contributed by atoms with Crippen molar-refractivity contribution < 1.29 is 4.79 Å². The van der Waals surface area contributed by atoms with Gasteiger partial charge in [0.05, 0.1) is 6.54 Å². The maximum atomic E-state index is 11.8. The molecule has 1 fully saturated rings. The summed E-state index contributed by atoms with van der Waals surface area (Å²) in [6.07, 6.45) is 1.54. The Morgan fingerprint density at radius 1 is 1.31 bits per heavy atom. The van der Waals surface area contributed by atoms with Crippen LogP contribution in [0.3, 0.4) is 0 Å². The molecule has 1 unspecified atom stereocenters. The van der Waals surface area contributed by atoms with Gasteiger partial charge < -0.3 is 20.4 Å². The molecule has 0 spiro atoms. The van der Waals surface area contributed by atoms with E-state index in [1.807, 2.05) is 11.8 Å². The Morgan fingerprint density at radius 2 is 2.08 bits per heavy atom. The van der Waals surface area contributed by atoms with Gasteiger partial charge in [0, 0.05) is 38.6 Å². The summed E-state index contributed by atoms with van der Waals surface area (Å²) in [6, 6.07) is 8.83. The van der Waals surface area contributed by atoms with Crippen molar-refractivity contribution in [2.45, 2.75) is 45.8 Å². The second-order valence-electron chi connectivity index (χ2n) is 7.08. The van der Waals surface area contributed by atoms with Crippen molar-refractivity contribution in [3.05, 3.63) is 35.4 Å². The lowest BCUT2D eigenvalue weighted by atomic mass is 10.1. The first kappa shape index (κ1) is 20.2. The fourth-order valence-corrected chi connectivity index (χ4v) is 3.20. The van der Waals surface area contributed by atoms with E-state index in [2.05, 4.69) is 60.8 Å². The van der Waals surface area contributed by atoms with E-state index in [0.29, 0.717) is 13.0 Å². The van der Waals surface area contributed by atoms with Crippen molar-refractivity contribution in [1.29, 1.82) is 0 Å². The predicted octanol–water partition coefficient (Wildman–Crippen LogP) is 1.81. The first-order valence-corrected chi connectivity index (χ1v) is 9.57. The summed E-state index contributed by atoms with van der Waals surface area (Å²) in [5, 5.41) is 6.79. The van der Waals surface area contributed by atoms with E-state index in [1.165, 1.54) is 11.1 Å². The highest BCUT2D eigenvalue weighted by Gasteiger charge is 2.25. The van der Waals surface area contributed by atoms with Crippen molar-refractivity contribution >= 4 is 11.9 Å². The van der Waals surface area contributed by atoms with E-state index in [1.54, 1.807) is 0 Å². The number of benzene rings is 1. The van der Waals surface area contributed by atoms with E-state index in [-0.39, 0.29) is 11.9 Å². The van der Waals surface area contributed by atoms with E-state index in [9.17, 15) is 4.79 Å². The first-order valence-electron chi connectivity index (χ1n) is 9.57. The molecule has 0 aromatic heterocycles. The normalized spacial score (nSPS) is 17.7. The third-order valence-corrected chi connectivity index (χ3v) is 4.44. The van der Waals surface area contributed by atoms with E-state index in [4.69, 9.17) is 4.99 Å². The van der Waals surface area contributed by atoms with Crippen molar-refractivity contribution in [2.24, 2.45) is 4.99 Å². The van der Waals surface area contributed by atoms with Crippen LogP contribution in [-0.4, -0.2) is 61.4 Å². The molecule has 1 amide bonds. The number of likely N-dealkylation sites (tertiary alicyclic amines) is 1. The van der Waals surface area contributed by atoms with Gasteiger partial charge in [0.15, 0.2) is 5.96 Å². The number of hydrogen-bond donors (Lipinski definition) is 2. The Balaban J connectivity index is 1.95. The number of aliphatic imine (C=N–C) groups is 1. The van der Waals surface area contributed by atoms with E-state index in [0.717, 1.165) is 38.6 Å². The number of carbonyl (C=O) groups excluding carboxylic acids is 1. The number of nitrogens with one attached hydrogen (secondary N) is 2. The zero-order valence-electron chi connectivity index (χ0n) is 16.6. The molecule has 1 aromatic carbocycles. The lowest BCUT2D eigenvalue weighted by Gasteiger charge is -2.18. The molecule has 0 radical (unpaired) electrons.